The number of nitrogens with two attached hydrogens (primary N) is 1. The largest absolute Gasteiger partial charge is 0.444 e. The highest BCUT2D eigenvalue weighted by Crippen LogP contribution is 2.39. The van der Waals surface area contributed by atoms with Crippen LogP contribution in [0.1, 0.15) is 88.7 Å². The molecule has 2 fully saturated rings. The Morgan fingerprint density at radius 1 is 1.26 bits per heavy atom. The van der Waals surface area contributed by atoms with E-state index >= 15 is 0 Å². The first-order valence-electron chi connectivity index (χ1n) is 16.4. The highest BCUT2D eigenvalue weighted by atomic mass is 35.5. The maximum atomic E-state index is 12.7. The monoisotopic (exact) mass is 668 g/mol. The number of aromatic nitrogens is 2. The number of piperazine rings is 1. The topological polar surface area (TPSA) is 126 Å². The molecule has 0 spiro atoms. The standard InChI is InChI=1S/C31H43ClN6O3.C5H10O/c1-22(9-7-8-12-33)17-27(37-13-15-38(16-14-37)30(40)41-31(3,4)5)25-11-10-24(32)18-26(25)23(2)29(35-21-39)28-19-34-20-36(28)6;6-4-5-2-1-3-5/h8-12,18-21,27,29H,2,7,13-17,33H2,1,3-6H3,(H,35,39);5-6H,1-4H2/b12-8-,22-9-;. The molecule has 1 saturated carbocycles. The average Bonchev–Trinajstić information content (AvgIpc) is 3.43. The first kappa shape index (κ1) is 37.9. The van der Waals surface area contributed by atoms with E-state index in [1.165, 1.54) is 24.8 Å². The SMILES string of the molecule is C=C(c1cc(Cl)ccc1C(C/C(C)=C\C/C=C\N)N1CCN(C(=O)OC(C)(C)C)CC1)C(NC=O)c1cncn1C.OCC1CCC1. The zero-order chi connectivity index (χ0) is 34.6. The molecule has 1 aliphatic carbocycles. The minimum absolute atomic E-state index is 0.0265. The van der Waals surface area contributed by atoms with Crippen molar-refractivity contribution in [3.63, 3.8) is 0 Å². The Morgan fingerprint density at radius 3 is 2.47 bits per heavy atom. The van der Waals surface area contributed by atoms with Gasteiger partial charge in [-0.25, -0.2) is 9.78 Å². The number of allylic oxidation sites excluding steroid dienone is 2. The van der Waals surface area contributed by atoms with Gasteiger partial charge in [0.25, 0.3) is 0 Å². The molecule has 2 aliphatic rings. The van der Waals surface area contributed by atoms with E-state index in [1.807, 2.05) is 56.7 Å². The summed E-state index contributed by atoms with van der Waals surface area (Å²) < 4.78 is 7.47. The van der Waals surface area contributed by atoms with Gasteiger partial charge in [0.15, 0.2) is 0 Å². The van der Waals surface area contributed by atoms with Crippen LogP contribution in [0, 0.1) is 5.92 Å². The third-order valence-electron chi connectivity index (χ3n) is 8.60. The fraction of sp³-hybridized carbons (Fsp3) is 0.528. The molecule has 2 heterocycles. The third-order valence-corrected chi connectivity index (χ3v) is 8.83. The molecule has 1 aliphatic heterocycles. The first-order valence-corrected chi connectivity index (χ1v) is 16.8. The van der Waals surface area contributed by atoms with Crippen molar-refractivity contribution >= 4 is 29.7 Å². The Bertz CT molecular complexity index is 1380. The van der Waals surface area contributed by atoms with Gasteiger partial charge < -0.3 is 30.4 Å². The minimum Gasteiger partial charge on any atom is -0.444 e. The highest BCUT2D eigenvalue weighted by molar-refractivity contribution is 6.30. The number of aryl methyl sites for hydroxylation is 1. The summed E-state index contributed by atoms with van der Waals surface area (Å²) in [5.74, 6) is 0.671. The zero-order valence-corrected chi connectivity index (χ0v) is 29.4. The maximum Gasteiger partial charge on any atom is 0.410 e. The molecule has 11 heteroatoms. The normalized spacial score (nSPS) is 17.3. The van der Waals surface area contributed by atoms with Crippen molar-refractivity contribution in [2.75, 3.05) is 32.8 Å². The minimum atomic E-state index is -0.546. The summed E-state index contributed by atoms with van der Waals surface area (Å²) in [6, 6.07) is 5.33. The van der Waals surface area contributed by atoms with Crippen LogP contribution in [0.2, 0.25) is 5.02 Å². The van der Waals surface area contributed by atoms with Gasteiger partial charge in [-0.15, -0.1) is 0 Å². The summed E-state index contributed by atoms with van der Waals surface area (Å²) in [4.78, 5) is 32.8. The molecule has 47 heavy (non-hydrogen) atoms. The average molecular weight is 669 g/mol. The molecule has 1 saturated heterocycles. The number of nitrogens with one attached hydrogen (secondary N) is 1. The molecule has 0 bridgehead atoms. The van der Waals surface area contributed by atoms with E-state index in [0.717, 1.165) is 29.7 Å². The fourth-order valence-electron chi connectivity index (χ4n) is 5.72. The van der Waals surface area contributed by atoms with Crippen LogP contribution >= 0.6 is 11.6 Å². The summed E-state index contributed by atoms with van der Waals surface area (Å²) in [7, 11) is 1.88. The van der Waals surface area contributed by atoms with Crippen molar-refractivity contribution in [2.45, 2.75) is 77.5 Å². The molecule has 2 unspecified atom stereocenters. The molecule has 4 N–H and O–H groups in total. The molecule has 10 nitrogen and oxygen atoms in total. The number of ether oxygens (including phenoxy) is 1. The lowest BCUT2D eigenvalue weighted by molar-refractivity contribution is -0.109. The van der Waals surface area contributed by atoms with Gasteiger partial charge in [0, 0.05) is 50.9 Å². The Balaban J connectivity index is 0.000000896. The van der Waals surface area contributed by atoms with Crippen LogP contribution in [-0.4, -0.2) is 75.3 Å². The summed E-state index contributed by atoms with van der Waals surface area (Å²) >= 11 is 6.54. The molecule has 0 radical (unpaired) electrons. The van der Waals surface area contributed by atoms with Gasteiger partial charge in [-0.3, -0.25) is 9.69 Å². The second kappa shape index (κ2) is 18.1. The van der Waals surface area contributed by atoms with Gasteiger partial charge in [-0.1, -0.05) is 48.4 Å². The van der Waals surface area contributed by atoms with Crippen molar-refractivity contribution in [3.05, 3.63) is 83.1 Å². The van der Waals surface area contributed by atoms with Crippen molar-refractivity contribution in [2.24, 2.45) is 18.7 Å². The van der Waals surface area contributed by atoms with Crippen LogP contribution in [0.15, 0.2) is 61.2 Å². The van der Waals surface area contributed by atoms with E-state index in [-0.39, 0.29) is 12.1 Å². The van der Waals surface area contributed by atoms with Crippen molar-refractivity contribution < 1.29 is 19.4 Å². The van der Waals surface area contributed by atoms with E-state index in [4.69, 9.17) is 27.2 Å². The van der Waals surface area contributed by atoms with Gasteiger partial charge in [0.1, 0.15) is 5.60 Å². The molecule has 2 aromatic rings. The Kier molecular flexibility index (Phi) is 14.6. The van der Waals surface area contributed by atoms with Gasteiger partial charge in [-0.05, 0) is 94.3 Å². The van der Waals surface area contributed by atoms with Gasteiger partial charge in [0.2, 0.25) is 6.41 Å². The molecule has 2 amide bonds. The molecule has 1 aromatic heterocycles. The van der Waals surface area contributed by atoms with Gasteiger partial charge in [0.05, 0.1) is 24.3 Å². The molecular weight excluding hydrogens is 616 g/mol. The van der Waals surface area contributed by atoms with E-state index in [2.05, 4.69) is 34.8 Å². The summed E-state index contributed by atoms with van der Waals surface area (Å²) in [6.07, 6.45) is 14.8. The first-order chi connectivity index (χ1) is 22.4. The van der Waals surface area contributed by atoms with Crippen LogP contribution < -0.4 is 11.1 Å². The summed E-state index contributed by atoms with van der Waals surface area (Å²) in [5.41, 5.74) is 9.65. The number of halogens is 1. The Hall–Kier alpha value is -3.60. The number of rotatable bonds is 12. The van der Waals surface area contributed by atoms with Crippen LogP contribution in [0.25, 0.3) is 5.57 Å². The van der Waals surface area contributed by atoms with Crippen LogP contribution in [-0.2, 0) is 16.6 Å². The number of hydrogen-bond acceptors (Lipinski definition) is 7. The van der Waals surface area contributed by atoms with Gasteiger partial charge >= 0.3 is 6.09 Å². The van der Waals surface area contributed by atoms with Crippen LogP contribution in [0.4, 0.5) is 4.79 Å². The van der Waals surface area contributed by atoms with Gasteiger partial charge in [-0.2, -0.15) is 0 Å². The van der Waals surface area contributed by atoms with Crippen molar-refractivity contribution in [1.82, 2.24) is 24.7 Å². The molecule has 2 atom stereocenters. The second-order valence-electron chi connectivity index (χ2n) is 13.3. The molecule has 258 valence electrons. The highest BCUT2D eigenvalue weighted by Gasteiger charge is 2.32. The molecule has 1 aromatic carbocycles. The maximum absolute atomic E-state index is 12.7. The number of aliphatic hydroxyl groups is 1. The lowest BCUT2D eigenvalue weighted by atomic mass is 9.86. The second-order valence-corrected chi connectivity index (χ2v) is 13.8. The smallest absolute Gasteiger partial charge is 0.410 e. The number of hydrogen-bond donors (Lipinski definition) is 3. The quantitative estimate of drug-likeness (QED) is 0.183. The number of benzene rings is 1. The fourth-order valence-corrected chi connectivity index (χ4v) is 5.89. The summed E-state index contributed by atoms with van der Waals surface area (Å²) in [6.45, 7) is 15.0. The van der Waals surface area contributed by atoms with E-state index < -0.39 is 11.6 Å². The third kappa shape index (κ3) is 11.3. The lowest BCUT2D eigenvalue weighted by Crippen LogP contribution is -2.51. The van der Waals surface area contributed by atoms with E-state index in [0.29, 0.717) is 55.7 Å². The molecule has 4 rings (SSSR count). The van der Waals surface area contributed by atoms with E-state index in [9.17, 15) is 9.59 Å². The predicted molar refractivity (Wildman–Crippen MR) is 189 cm³/mol. The lowest BCUT2D eigenvalue weighted by Gasteiger charge is -2.40. The number of imidazole rings is 1. The van der Waals surface area contributed by atoms with Crippen molar-refractivity contribution in [1.29, 1.82) is 0 Å². The predicted octanol–water partition coefficient (Wildman–Crippen LogP) is 6.15. The van der Waals surface area contributed by atoms with E-state index in [1.54, 1.807) is 23.6 Å². The Labute approximate surface area is 285 Å². The number of aliphatic hydroxyl groups excluding tert-OH is 1. The number of carbonyl (C=O) groups excluding carboxylic acids is 2. The van der Waals surface area contributed by atoms with Crippen LogP contribution in [0.3, 0.4) is 0 Å². The zero-order valence-electron chi connectivity index (χ0n) is 28.6. The number of amides is 2. The number of nitrogens with zero attached hydrogens (tertiary/aromatic N) is 4. The van der Waals surface area contributed by atoms with Crippen LogP contribution in [0.5, 0.6) is 0 Å². The van der Waals surface area contributed by atoms with Crippen molar-refractivity contribution in [3.8, 4) is 0 Å². The number of carbonyl (C=O) groups is 2. The summed E-state index contributed by atoms with van der Waals surface area (Å²) in [5, 5.41) is 11.9. The molecular formula is C36H53ClN6O4. The Morgan fingerprint density at radius 2 is 1.96 bits per heavy atom.